The summed E-state index contributed by atoms with van der Waals surface area (Å²) in [5, 5.41) is 0. The van der Waals surface area contributed by atoms with E-state index in [-0.39, 0.29) is 25.8 Å². The molecule has 0 atom stereocenters. The molecule has 0 fully saturated rings. The van der Waals surface area contributed by atoms with E-state index in [1.165, 1.54) is 51.4 Å². The van der Waals surface area contributed by atoms with Crippen molar-refractivity contribution in [1.29, 1.82) is 0 Å². The van der Waals surface area contributed by atoms with Crippen molar-refractivity contribution in [3.8, 4) is 0 Å². The van der Waals surface area contributed by atoms with Crippen molar-refractivity contribution >= 4 is 0 Å². The summed E-state index contributed by atoms with van der Waals surface area (Å²) in [4.78, 5) is 0. The first kappa shape index (κ1) is 15.0. The molecule has 0 spiro atoms. The van der Waals surface area contributed by atoms with E-state index in [0.29, 0.717) is 0 Å². The van der Waals surface area contributed by atoms with E-state index >= 15 is 0 Å². The molecule has 0 N–H and O–H groups in total. The van der Waals surface area contributed by atoms with Gasteiger partial charge in [0.05, 0.1) is 0 Å². The summed E-state index contributed by atoms with van der Waals surface area (Å²) < 4.78 is 0. The second-order valence-electron chi connectivity index (χ2n) is 5.57. The molecule has 0 amide bonds. The van der Waals surface area contributed by atoms with Gasteiger partial charge in [0, 0.05) is 0 Å². The Kier molecular flexibility index (Phi) is 5.81. The summed E-state index contributed by atoms with van der Waals surface area (Å²) in [6.45, 7) is 0. The fraction of sp³-hybridized carbons (Fsp3) is 0.444. The Morgan fingerprint density at radius 3 is 1.47 bits per heavy atom. The molecule has 0 unspecified atom stereocenters. The van der Waals surface area contributed by atoms with Crippen LogP contribution in [-0.2, 0) is 51.5 Å². The van der Waals surface area contributed by atoms with Gasteiger partial charge in [-0.3, -0.25) is 0 Å². The third kappa shape index (κ3) is 3.78. The number of hydrogen-bond acceptors (Lipinski definition) is 0. The molecule has 0 saturated carbocycles. The third-order valence-corrected chi connectivity index (χ3v) is 4.30. The number of hydrogen-bond donors (Lipinski definition) is 0. The SMILES string of the molecule is [Hf+4].c1cc2c([cH-]1)CCCC2.c1cc2c([cH-]1)CCCC2. The van der Waals surface area contributed by atoms with Crippen LogP contribution in [0.4, 0.5) is 0 Å². The monoisotopic (exact) mass is 418 g/mol. The number of rotatable bonds is 0. The first-order valence-electron chi connectivity index (χ1n) is 7.40. The Morgan fingerprint density at radius 1 is 0.632 bits per heavy atom. The van der Waals surface area contributed by atoms with Gasteiger partial charge in [0.1, 0.15) is 0 Å². The molecule has 0 bridgehead atoms. The molecule has 2 aliphatic rings. The molecule has 0 aliphatic heterocycles. The van der Waals surface area contributed by atoms with Gasteiger partial charge in [-0.05, 0) is 0 Å². The van der Waals surface area contributed by atoms with Gasteiger partial charge in [0.15, 0.2) is 0 Å². The molecule has 19 heavy (non-hydrogen) atoms. The quantitative estimate of drug-likeness (QED) is 0.436. The zero-order valence-corrected chi connectivity index (χ0v) is 15.2. The smallest absolute Gasteiger partial charge is 0.210 e. The van der Waals surface area contributed by atoms with Crippen LogP contribution < -0.4 is 0 Å². The van der Waals surface area contributed by atoms with Gasteiger partial charge in [-0.2, -0.15) is 46.5 Å². The normalized spacial score (nSPS) is 16.4. The molecule has 2 aliphatic carbocycles. The van der Waals surface area contributed by atoms with Gasteiger partial charge in [-0.25, -0.2) is 12.1 Å². The Hall–Kier alpha value is -0.430. The summed E-state index contributed by atoms with van der Waals surface area (Å²) in [6, 6.07) is 13.4. The van der Waals surface area contributed by atoms with Crippen LogP contribution in [0.1, 0.15) is 47.9 Å². The van der Waals surface area contributed by atoms with Crippen LogP contribution in [0.3, 0.4) is 0 Å². The average Bonchev–Trinajstić information content (AvgIpc) is 3.08. The van der Waals surface area contributed by atoms with Gasteiger partial charge >= 0.3 is 25.8 Å². The minimum absolute atomic E-state index is 0. The molecule has 4 rings (SSSR count). The largest absolute Gasteiger partial charge is 4.00 e. The zero-order chi connectivity index (χ0) is 12.2. The Labute approximate surface area is 135 Å². The standard InChI is InChI=1S/2C9H11.Hf/c2*1-2-5-9-7-3-6-8(9)4-1;/h2*3,6-7H,1-2,4-5H2;/q2*-1;+4. The molecule has 96 valence electrons. The molecule has 0 aromatic heterocycles. The Bertz CT molecular complexity index is 402. The summed E-state index contributed by atoms with van der Waals surface area (Å²) in [5.74, 6) is 0. The van der Waals surface area contributed by atoms with Gasteiger partial charge in [-0.1, -0.05) is 51.4 Å². The topological polar surface area (TPSA) is 0 Å². The van der Waals surface area contributed by atoms with Crippen LogP contribution in [0, 0.1) is 0 Å². The van der Waals surface area contributed by atoms with Crippen molar-refractivity contribution < 1.29 is 25.8 Å². The van der Waals surface area contributed by atoms with E-state index < -0.39 is 0 Å². The van der Waals surface area contributed by atoms with E-state index in [1.54, 1.807) is 22.3 Å². The van der Waals surface area contributed by atoms with Crippen LogP contribution in [0.25, 0.3) is 0 Å². The van der Waals surface area contributed by atoms with Crippen molar-refractivity contribution in [1.82, 2.24) is 0 Å². The third-order valence-electron chi connectivity index (χ3n) is 4.30. The van der Waals surface area contributed by atoms with Crippen molar-refractivity contribution in [3.63, 3.8) is 0 Å². The van der Waals surface area contributed by atoms with E-state index in [4.69, 9.17) is 0 Å². The minimum atomic E-state index is 0. The van der Waals surface area contributed by atoms with Crippen LogP contribution >= 0.6 is 0 Å². The van der Waals surface area contributed by atoms with Crippen molar-refractivity contribution in [2.45, 2.75) is 51.4 Å². The molecule has 0 radical (unpaired) electrons. The Morgan fingerprint density at radius 2 is 1.05 bits per heavy atom. The molecule has 1 heteroatoms. The summed E-state index contributed by atoms with van der Waals surface area (Å²) in [7, 11) is 0. The molecular formula is C18H22Hf+2. The van der Waals surface area contributed by atoms with E-state index in [1.807, 2.05) is 0 Å². The molecule has 2 aromatic carbocycles. The molecule has 0 saturated heterocycles. The van der Waals surface area contributed by atoms with Gasteiger partial charge in [0.2, 0.25) is 0 Å². The summed E-state index contributed by atoms with van der Waals surface area (Å²) in [6.07, 6.45) is 10.9. The van der Waals surface area contributed by atoms with E-state index in [0.717, 1.165) is 0 Å². The van der Waals surface area contributed by atoms with Crippen molar-refractivity contribution in [3.05, 3.63) is 58.7 Å². The molecule has 2 aromatic rings. The second-order valence-corrected chi connectivity index (χ2v) is 5.57. The predicted molar refractivity (Wildman–Crippen MR) is 77.4 cm³/mol. The summed E-state index contributed by atoms with van der Waals surface area (Å²) >= 11 is 0. The van der Waals surface area contributed by atoms with Crippen molar-refractivity contribution in [2.75, 3.05) is 0 Å². The number of fused-ring (bicyclic) bond motifs is 2. The van der Waals surface area contributed by atoms with Gasteiger partial charge in [0.25, 0.3) is 0 Å². The van der Waals surface area contributed by atoms with E-state index in [9.17, 15) is 0 Å². The van der Waals surface area contributed by atoms with Crippen LogP contribution in [0.2, 0.25) is 0 Å². The zero-order valence-electron chi connectivity index (χ0n) is 11.6. The molecule has 0 heterocycles. The van der Waals surface area contributed by atoms with Gasteiger partial charge < -0.3 is 0 Å². The maximum absolute atomic E-state index is 2.26. The first-order chi connectivity index (χ1) is 8.93. The Balaban J connectivity index is 0.000000133. The maximum atomic E-state index is 2.26. The minimum Gasteiger partial charge on any atom is -0.210 e. The molecule has 0 nitrogen and oxygen atoms in total. The summed E-state index contributed by atoms with van der Waals surface area (Å²) in [5.41, 5.74) is 6.39. The fourth-order valence-corrected chi connectivity index (χ4v) is 3.23. The van der Waals surface area contributed by atoms with Crippen LogP contribution in [-0.4, -0.2) is 0 Å². The van der Waals surface area contributed by atoms with Crippen molar-refractivity contribution in [2.24, 2.45) is 0 Å². The molecular weight excluding hydrogens is 395 g/mol. The maximum Gasteiger partial charge on any atom is 4.00 e. The number of aryl methyl sites for hydroxylation is 4. The van der Waals surface area contributed by atoms with Crippen LogP contribution in [0.5, 0.6) is 0 Å². The fourth-order valence-electron chi connectivity index (χ4n) is 3.23. The predicted octanol–water partition coefficient (Wildman–Crippen LogP) is 4.57. The average molecular weight is 417 g/mol. The van der Waals surface area contributed by atoms with Gasteiger partial charge in [-0.15, -0.1) is 0 Å². The first-order valence-corrected chi connectivity index (χ1v) is 7.40. The van der Waals surface area contributed by atoms with Crippen LogP contribution in [0.15, 0.2) is 36.4 Å². The second kappa shape index (κ2) is 7.38. The van der Waals surface area contributed by atoms with E-state index in [2.05, 4.69) is 36.4 Å².